The molecule has 6 aromatic heterocycles. The molecule has 0 aliphatic carbocycles. The van der Waals surface area contributed by atoms with Gasteiger partial charge in [0.1, 0.15) is 17.4 Å². The van der Waals surface area contributed by atoms with Crippen LogP contribution in [0.15, 0.2) is 90.1 Å². The molecule has 0 saturated carbocycles. The fourth-order valence-electron chi connectivity index (χ4n) is 4.65. The van der Waals surface area contributed by atoms with Gasteiger partial charge in [0.2, 0.25) is 0 Å². The molecule has 6 heterocycles. The molecule has 9 nitrogen and oxygen atoms in total. The molecular weight excluding hydrogens is 508 g/mol. The maximum atomic E-state index is 10.6. The summed E-state index contributed by atoms with van der Waals surface area (Å²) >= 11 is 1.63. The topological polar surface area (TPSA) is 128 Å². The van der Waals surface area contributed by atoms with Crippen LogP contribution in [0.1, 0.15) is 5.56 Å². The molecule has 0 saturated heterocycles. The van der Waals surface area contributed by atoms with Gasteiger partial charge in [-0.25, -0.2) is 4.98 Å². The van der Waals surface area contributed by atoms with E-state index in [-0.39, 0.29) is 0 Å². The van der Waals surface area contributed by atoms with Crippen molar-refractivity contribution in [3.05, 3.63) is 95.7 Å². The third-order valence-corrected chi connectivity index (χ3v) is 7.19. The van der Waals surface area contributed by atoms with Crippen LogP contribution in [0.2, 0.25) is 0 Å². The van der Waals surface area contributed by atoms with Crippen LogP contribution in [0, 0.1) is 0 Å². The molecule has 1 unspecified atom stereocenters. The van der Waals surface area contributed by atoms with Crippen molar-refractivity contribution in [2.45, 2.75) is 12.6 Å². The number of aromatic amines is 2. The predicted octanol–water partition coefficient (Wildman–Crippen LogP) is 5.66. The number of aromatic nitrogens is 7. The van der Waals surface area contributed by atoms with Crippen LogP contribution in [0.25, 0.3) is 56.0 Å². The molecule has 10 heteroatoms. The number of hydrogen-bond acceptors (Lipinski definition) is 8. The van der Waals surface area contributed by atoms with Crippen LogP contribution in [0.3, 0.4) is 0 Å². The molecule has 0 aliphatic heterocycles. The number of fused-ring (bicyclic) bond motifs is 2. The lowest BCUT2D eigenvalue weighted by Gasteiger charge is -2.14. The van der Waals surface area contributed by atoms with E-state index in [1.54, 1.807) is 36.1 Å². The fraction of sp³-hybridized carbons (Fsp3) is 0.0690. The first-order chi connectivity index (χ1) is 19.2. The Morgan fingerprint density at radius 3 is 2.72 bits per heavy atom. The second kappa shape index (κ2) is 9.75. The van der Waals surface area contributed by atoms with Gasteiger partial charge in [0.25, 0.3) is 0 Å². The van der Waals surface area contributed by atoms with Crippen molar-refractivity contribution in [1.82, 2.24) is 35.1 Å². The largest absolute Gasteiger partial charge is 0.373 e. The first-order valence-electron chi connectivity index (χ1n) is 12.4. The summed E-state index contributed by atoms with van der Waals surface area (Å²) in [7, 11) is 0. The number of imidazole rings is 1. The molecule has 190 valence electrons. The summed E-state index contributed by atoms with van der Waals surface area (Å²) in [4.78, 5) is 21.8. The van der Waals surface area contributed by atoms with E-state index >= 15 is 0 Å². The van der Waals surface area contributed by atoms with Crippen molar-refractivity contribution in [3.8, 4) is 34.0 Å². The number of hydrogen-bond donors (Lipinski definition) is 4. The number of thiophene rings is 1. The first-order valence-corrected chi connectivity index (χ1v) is 13.3. The van der Waals surface area contributed by atoms with Gasteiger partial charge in [0.05, 0.1) is 40.5 Å². The van der Waals surface area contributed by atoms with Crippen LogP contribution in [0.5, 0.6) is 0 Å². The summed E-state index contributed by atoms with van der Waals surface area (Å²) in [6.07, 6.45) is 6.71. The number of aliphatic hydroxyl groups is 1. The summed E-state index contributed by atoms with van der Waals surface area (Å²) in [5.41, 5.74) is 8.36. The van der Waals surface area contributed by atoms with Crippen LogP contribution in [-0.2, 0) is 6.42 Å². The van der Waals surface area contributed by atoms with Crippen LogP contribution in [-0.4, -0.2) is 46.5 Å². The number of nitrogens with one attached hydrogen (secondary N) is 3. The summed E-state index contributed by atoms with van der Waals surface area (Å²) in [6, 6.07) is 17.7. The van der Waals surface area contributed by atoms with E-state index in [4.69, 9.17) is 4.98 Å². The predicted molar refractivity (Wildman–Crippen MR) is 153 cm³/mol. The van der Waals surface area contributed by atoms with Gasteiger partial charge in [-0.2, -0.15) is 16.4 Å². The maximum Gasteiger partial charge on any atom is 0.159 e. The lowest BCUT2D eigenvalue weighted by Crippen LogP contribution is -2.21. The summed E-state index contributed by atoms with van der Waals surface area (Å²) in [6.45, 7) is 0. The van der Waals surface area contributed by atoms with Gasteiger partial charge >= 0.3 is 0 Å². The second-order valence-corrected chi connectivity index (χ2v) is 9.93. The SMILES string of the molecule is OC(Cc1ccccc1)Nc1cncc(-c2cc3c(-c4nc5c(-c6ccsc6)nccc5[nH]4)n[nH]c3cn2)c1. The molecule has 7 rings (SSSR count). The number of benzene rings is 1. The lowest BCUT2D eigenvalue weighted by atomic mass is 10.1. The van der Waals surface area contributed by atoms with Crippen molar-refractivity contribution in [2.24, 2.45) is 0 Å². The molecule has 4 N–H and O–H groups in total. The minimum absolute atomic E-state index is 0.481. The molecule has 0 fully saturated rings. The molecular formula is C29H22N8OS. The zero-order valence-electron chi connectivity index (χ0n) is 20.5. The quantitative estimate of drug-likeness (QED) is 0.196. The molecule has 0 bridgehead atoms. The highest BCUT2D eigenvalue weighted by molar-refractivity contribution is 7.08. The molecule has 0 radical (unpaired) electrons. The van der Waals surface area contributed by atoms with E-state index in [0.717, 1.165) is 50.0 Å². The number of rotatable bonds is 7. The Balaban J connectivity index is 1.21. The summed E-state index contributed by atoms with van der Waals surface area (Å²) < 4.78 is 0. The Labute approximate surface area is 226 Å². The average molecular weight is 531 g/mol. The van der Waals surface area contributed by atoms with E-state index in [2.05, 4.69) is 40.8 Å². The van der Waals surface area contributed by atoms with Gasteiger partial charge in [-0.05, 0) is 35.2 Å². The standard InChI is InChI=1S/C29H22N8OS/c38-25(10-17-4-2-1-3-5-17)33-20-11-19(13-30-14-20)23-12-21-24(15-32-23)36-37-27(21)29-34-22-6-8-31-26(28(22)35-29)18-7-9-39-16-18/h1-9,11-16,25,33,38H,10H2,(H,34,35)(H,36,37). The highest BCUT2D eigenvalue weighted by Crippen LogP contribution is 2.32. The normalized spacial score (nSPS) is 12.2. The van der Waals surface area contributed by atoms with Crippen molar-refractivity contribution >= 4 is 39.0 Å². The van der Waals surface area contributed by atoms with Crippen LogP contribution < -0.4 is 5.32 Å². The Bertz CT molecular complexity index is 1900. The Morgan fingerprint density at radius 2 is 1.85 bits per heavy atom. The number of nitrogens with zero attached hydrogens (tertiary/aromatic N) is 5. The van der Waals surface area contributed by atoms with E-state index in [9.17, 15) is 5.11 Å². The summed E-state index contributed by atoms with van der Waals surface area (Å²) in [5.74, 6) is 0.649. The van der Waals surface area contributed by atoms with Gasteiger partial charge in [0.15, 0.2) is 5.82 Å². The molecule has 39 heavy (non-hydrogen) atoms. The Kier molecular flexibility index (Phi) is 5.80. The number of H-pyrrole nitrogens is 2. The van der Waals surface area contributed by atoms with Gasteiger partial charge in [-0.15, -0.1) is 0 Å². The third kappa shape index (κ3) is 4.52. The molecule has 1 aromatic carbocycles. The summed E-state index contributed by atoms with van der Waals surface area (Å²) in [5, 5.41) is 26.3. The zero-order chi connectivity index (χ0) is 26.2. The maximum absolute atomic E-state index is 10.6. The monoisotopic (exact) mass is 530 g/mol. The first kappa shape index (κ1) is 23.2. The molecule has 1 atom stereocenters. The molecule has 0 spiro atoms. The zero-order valence-corrected chi connectivity index (χ0v) is 21.4. The van der Waals surface area contributed by atoms with Gasteiger partial charge in [-0.3, -0.25) is 20.1 Å². The van der Waals surface area contributed by atoms with Crippen LogP contribution in [0.4, 0.5) is 5.69 Å². The number of anilines is 1. The van der Waals surface area contributed by atoms with E-state index < -0.39 is 6.23 Å². The fourth-order valence-corrected chi connectivity index (χ4v) is 5.29. The Hall–Kier alpha value is -4.93. The second-order valence-electron chi connectivity index (χ2n) is 9.15. The van der Waals surface area contributed by atoms with Gasteiger partial charge < -0.3 is 15.4 Å². The van der Waals surface area contributed by atoms with Crippen molar-refractivity contribution in [2.75, 3.05) is 5.32 Å². The van der Waals surface area contributed by atoms with Crippen molar-refractivity contribution in [3.63, 3.8) is 0 Å². The highest BCUT2D eigenvalue weighted by Gasteiger charge is 2.17. The third-order valence-electron chi connectivity index (χ3n) is 6.51. The molecule has 7 aromatic rings. The highest BCUT2D eigenvalue weighted by atomic mass is 32.1. The number of aliphatic hydroxyl groups excluding tert-OH is 1. The minimum Gasteiger partial charge on any atom is -0.373 e. The average Bonchev–Trinajstić information content (AvgIpc) is 3.73. The molecule has 0 aliphatic rings. The van der Waals surface area contributed by atoms with Gasteiger partial charge in [-0.1, -0.05) is 30.3 Å². The van der Waals surface area contributed by atoms with Crippen molar-refractivity contribution in [1.29, 1.82) is 0 Å². The smallest absolute Gasteiger partial charge is 0.159 e. The Morgan fingerprint density at radius 1 is 0.923 bits per heavy atom. The molecule has 0 amide bonds. The van der Waals surface area contributed by atoms with E-state index in [1.807, 2.05) is 60.0 Å². The van der Waals surface area contributed by atoms with E-state index in [0.29, 0.717) is 23.6 Å². The van der Waals surface area contributed by atoms with Gasteiger partial charge in [0, 0.05) is 40.7 Å². The van der Waals surface area contributed by atoms with Crippen LogP contribution >= 0.6 is 11.3 Å². The lowest BCUT2D eigenvalue weighted by molar-refractivity contribution is 0.204. The van der Waals surface area contributed by atoms with E-state index in [1.165, 1.54) is 0 Å². The number of pyridine rings is 3. The van der Waals surface area contributed by atoms with Crippen molar-refractivity contribution < 1.29 is 5.11 Å². The minimum atomic E-state index is -0.748.